The average Bonchev–Trinajstić information content (AvgIpc) is 2.71. The maximum absolute atomic E-state index is 12.7. The molecule has 0 aromatic heterocycles. The Morgan fingerprint density at radius 2 is 1.86 bits per heavy atom. The molecule has 1 amide bonds. The van der Waals surface area contributed by atoms with Gasteiger partial charge in [0, 0.05) is 0 Å². The quantitative estimate of drug-likeness (QED) is 0.726. The van der Waals surface area contributed by atoms with Crippen molar-refractivity contribution in [2.24, 2.45) is 0 Å². The predicted octanol–water partition coefficient (Wildman–Crippen LogP) is 4.61. The summed E-state index contributed by atoms with van der Waals surface area (Å²) < 4.78 is 11.9. The van der Waals surface area contributed by atoms with E-state index in [0.717, 1.165) is 29.9 Å². The van der Waals surface area contributed by atoms with Crippen molar-refractivity contribution in [2.45, 2.75) is 65.0 Å². The molecule has 0 spiro atoms. The third-order valence-electron chi connectivity index (χ3n) is 5.23. The third-order valence-corrected chi connectivity index (χ3v) is 5.23. The van der Waals surface area contributed by atoms with Gasteiger partial charge in [-0.25, -0.2) is 0 Å². The summed E-state index contributed by atoms with van der Waals surface area (Å²) in [4.78, 5) is 12.7. The summed E-state index contributed by atoms with van der Waals surface area (Å²) in [5.41, 5.74) is 3.86. The zero-order valence-corrected chi connectivity index (χ0v) is 17.2. The normalized spacial score (nSPS) is 15.2. The van der Waals surface area contributed by atoms with Crippen molar-refractivity contribution in [2.75, 3.05) is 6.61 Å². The van der Waals surface area contributed by atoms with Crippen LogP contribution in [-0.4, -0.2) is 24.7 Å². The van der Waals surface area contributed by atoms with E-state index in [1.807, 2.05) is 51.1 Å². The minimum atomic E-state index is -0.498. The van der Waals surface area contributed by atoms with Crippen LogP contribution in [0.25, 0.3) is 0 Å². The maximum Gasteiger partial charge on any atom is 0.261 e. The summed E-state index contributed by atoms with van der Waals surface area (Å²) in [6.45, 7) is 6.35. The lowest BCUT2D eigenvalue weighted by Crippen LogP contribution is -2.44. The van der Waals surface area contributed by atoms with Crippen molar-refractivity contribution < 1.29 is 14.3 Å². The molecule has 0 fully saturated rings. The predicted molar refractivity (Wildman–Crippen MR) is 112 cm³/mol. The third kappa shape index (κ3) is 5.28. The van der Waals surface area contributed by atoms with Gasteiger partial charge in [-0.1, -0.05) is 31.2 Å². The number of hydrogen-bond acceptors (Lipinski definition) is 3. The number of nitrogens with one attached hydrogen (secondary N) is 1. The molecule has 1 aliphatic carbocycles. The molecule has 0 heterocycles. The molecule has 0 aliphatic heterocycles. The molecule has 0 saturated heterocycles. The van der Waals surface area contributed by atoms with Gasteiger partial charge in [0.1, 0.15) is 18.1 Å². The van der Waals surface area contributed by atoms with Gasteiger partial charge in [0.25, 0.3) is 5.91 Å². The fourth-order valence-electron chi connectivity index (χ4n) is 3.58. The Kier molecular flexibility index (Phi) is 6.96. The fraction of sp³-hybridized carbons (Fsp3) is 0.458. The van der Waals surface area contributed by atoms with E-state index in [1.165, 1.54) is 24.0 Å². The van der Waals surface area contributed by atoms with Crippen LogP contribution in [0.1, 0.15) is 49.8 Å². The second kappa shape index (κ2) is 9.63. The van der Waals surface area contributed by atoms with Crippen LogP contribution < -0.4 is 14.8 Å². The highest BCUT2D eigenvalue weighted by Crippen LogP contribution is 2.26. The molecule has 28 heavy (non-hydrogen) atoms. The highest BCUT2D eigenvalue weighted by molar-refractivity contribution is 5.81. The molecule has 2 aromatic rings. The van der Waals surface area contributed by atoms with Crippen molar-refractivity contribution in [3.63, 3.8) is 0 Å². The molecule has 4 heteroatoms. The molecule has 0 unspecified atom stereocenters. The molecule has 1 N–H and O–H groups in total. The van der Waals surface area contributed by atoms with E-state index in [1.54, 1.807) is 0 Å². The van der Waals surface area contributed by atoms with Crippen LogP contribution in [0, 0.1) is 6.92 Å². The van der Waals surface area contributed by atoms with Gasteiger partial charge in [-0.05, 0) is 80.8 Å². The second-order valence-electron chi connectivity index (χ2n) is 7.64. The number of ether oxygens (including phenoxy) is 2. The molecule has 3 rings (SSSR count). The molecule has 0 radical (unpaired) electrons. The number of amides is 1. The van der Waals surface area contributed by atoms with Crippen LogP contribution in [0.4, 0.5) is 0 Å². The standard InChI is InChI=1S/C24H31NO3/c1-4-22(28-21-14-13-19-10-6-7-11-20(19)15-21)24(26)25-18(3)16-27-23-12-8-5-9-17(23)2/h5,8-9,12-15,18,22H,4,6-7,10-11,16H2,1-3H3,(H,25,26)/t18-,22+/m1/s1. The summed E-state index contributed by atoms with van der Waals surface area (Å²) in [5.74, 6) is 1.54. The monoisotopic (exact) mass is 381 g/mol. The van der Waals surface area contributed by atoms with Crippen LogP contribution in [0.15, 0.2) is 42.5 Å². The molecule has 4 nitrogen and oxygen atoms in total. The zero-order valence-electron chi connectivity index (χ0n) is 17.2. The van der Waals surface area contributed by atoms with Gasteiger partial charge in [-0.3, -0.25) is 4.79 Å². The zero-order chi connectivity index (χ0) is 19.9. The Morgan fingerprint density at radius 3 is 2.61 bits per heavy atom. The van der Waals surface area contributed by atoms with E-state index in [0.29, 0.717) is 13.0 Å². The van der Waals surface area contributed by atoms with Crippen LogP contribution in [0.5, 0.6) is 11.5 Å². The smallest absolute Gasteiger partial charge is 0.261 e. The summed E-state index contributed by atoms with van der Waals surface area (Å²) in [6.07, 6.45) is 4.85. The van der Waals surface area contributed by atoms with Gasteiger partial charge in [0.05, 0.1) is 6.04 Å². The Balaban J connectivity index is 1.53. The van der Waals surface area contributed by atoms with E-state index in [-0.39, 0.29) is 11.9 Å². The van der Waals surface area contributed by atoms with Gasteiger partial charge < -0.3 is 14.8 Å². The summed E-state index contributed by atoms with van der Waals surface area (Å²) >= 11 is 0. The highest BCUT2D eigenvalue weighted by atomic mass is 16.5. The van der Waals surface area contributed by atoms with Crippen LogP contribution >= 0.6 is 0 Å². The lowest BCUT2D eigenvalue weighted by atomic mass is 9.92. The molecular formula is C24H31NO3. The van der Waals surface area contributed by atoms with Gasteiger partial charge in [-0.15, -0.1) is 0 Å². The molecule has 2 aromatic carbocycles. The number of para-hydroxylation sites is 1. The summed E-state index contributed by atoms with van der Waals surface area (Å²) in [7, 11) is 0. The van der Waals surface area contributed by atoms with E-state index in [4.69, 9.17) is 9.47 Å². The van der Waals surface area contributed by atoms with Crippen molar-refractivity contribution in [1.82, 2.24) is 5.32 Å². The Morgan fingerprint density at radius 1 is 1.11 bits per heavy atom. The summed E-state index contributed by atoms with van der Waals surface area (Å²) in [6, 6.07) is 14.0. The average molecular weight is 382 g/mol. The van der Waals surface area contributed by atoms with E-state index < -0.39 is 6.10 Å². The first-order valence-electron chi connectivity index (χ1n) is 10.3. The second-order valence-corrected chi connectivity index (χ2v) is 7.64. The first-order chi connectivity index (χ1) is 13.6. The number of hydrogen-bond donors (Lipinski definition) is 1. The largest absolute Gasteiger partial charge is 0.491 e. The number of rotatable bonds is 8. The Labute approximate surface area is 168 Å². The van der Waals surface area contributed by atoms with Gasteiger partial charge in [-0.2, -0.15) is 0 Å². The van der Waals surface area contributed by atoms with Crippen LogP contribution in [0.2, 0.25) is 0 Å². The lowest BCUT2D eigenvalue weighted by Gasteiger charge is -2.22. The fourth-order valence-corrected chi connectivity index (χ4v) is 3.58. The number of carbonyl (C=O) groups is 1. The lowest BCUT2D eigenvalue weighted by molar-refractivity contribution is -0.128. The van der Waals surface area contributed by atoms with Gasteiger partial charge in [0.2, 0.25) is 0 Å². The number of benzene rings is 2. The van der Waals surface area contributed by atoms with Crippen molar-refractivity contribution in [1.29, 1.82) is 0 Å². The molecular weight excluding hydrogens is 350 g/mol. The first-order valence-corrected chi connectivity index (χ1v) is 10.3. The molecule has 0 saturated carbocycles. The van der Waals surface area contributed by atoms with Crippen LogP contribution in [0.3, 0.4) is 0 Å². The van der Waals surface area contributed by atoms with Crippen LogP contribution in [-0.2, 0) is 17.6 Å². The minimum Gasteiger partial charge on any atom is -0.491 e. The first kappa shape index (κ1) is 20.2. The van der Waals surface area contributed by atoms with Crippen molar-refractivity contribution >= 4 is 5.91 Å². The van der Waals surface area contributed by atoms with Crippen molar-refractivity contribution in [3.05, 3.63) is 59.2 Å². The topological polar surface area (TPSA) is 47.6 Å². The van der Waals surface area contributed by atoms with E-state index in [2.05, 4.69) is 17.4 Å². The number of carbonyl (C=O) groups excluding carboxylic acids is 1. The SMILES string of the molecule is CC[C@H](Oc1ccc2c(c1)CCCC2)C(=O)N[C@H](C)COc1ccccc1C. The van der Waals surface area contributed by atoms with Gasteiger partial charge >= 0.3 is 0 Å². The molecule has 150 valence electrons. The van der Waals surface area contributed by atoms with E-state index >= 15 is 0 Å². The Hall–Kier alpha value is -2.49. The minimum absolute atomic E-state index is 0.0962. The maximum atomic E-state index is 12.7. The molecule has 1 aliphatic rings. The Bertz CT molecular complexity index is 802. The number of aryl methyl sites for hydroxylation is 3. The van der Waals surface area contributed by atoms with E-state index in [9.17, 15) is 4.79 Å². The van der Waals surface area contributed by atoms with Crippen molar-refractivity contribution in [3.8, 4) is 11.5 Å². The summed E-state index contributed by atoms with van der Waals surface area (Å²) in [5, 5.41) is 3.01. The number of fused-ring (bicyclic) bond motifs is 1. The molecule has 0 bridgehead atoms. The molecule has 2 atom stereocenters. The van der Waals surface area contributed by atoms with Gasteiger partial charge in [0.15, 0.2) is 6.10 Å². The highest BCUT2D eigenvalue weighted by Gasteiger charge is 2.21.